The quantitative estimate of drug-likeness (QED) is 0.697. The Hall–Kier alpha value is -3.40. The van der Waals surface area contributed by atoms with E-state index in [9.17, 15) is 0 Å². The van der Waals surface area contributed by atoms with Crippen LogP contribution in [0.15, 0.2) is 88.8 Å². The van der Waals surface area contributed by atoms with Gasteiger partial charge in [-0.3, -0.25) is 4.99 Å². The molecule has 4 rings (SSSR count). The molecule has 4 nitrogen and oxygen atoms in total. The molecule has 3 aromatic carbocycles. The first-order valence-electron chi connectivity index (χ1n) is 8.52. The minimum Gasteiger partial charge on any atom is -0.497 e. The molecule has 0 amide bonds. The molecular formula is C22H19N3O. The van der Waals surface area contributed by atoms with Crippen LogP contribution in [-0.2, 0) is 0 Å². The Labute approximate surface area is 152 Å². The van der Waals surface area contributed by atoms with Gasteiger partial charge >= 0.3 is 0 Å². The highest BCUT2D eigenvalue weighted by atomic mass is 16.5. The van der Waals surface area contributed by atoms with Crippen LogP contribution >= 0.6 is 0 Å². The minimum absolute atomic E-state index is 0.621. The summed E-state index contributed by atoms with van der Waals surface area (Å²) in [6.07, 6.45) is 0.621. The number of ether oxygens (including phenoxy) is 1. The zero-order valence-electron chi connectivity index (χ0n) is 14.5. The predicted molar refractivity (Wildman–Crippen MR) is 107 cm³/mol. The molecule has 4 heteroatoms. The van der Waals surface area contributed by atoms with E-state index in [0.717, 1.165) is 39.9 Å². The third-order valence-corrected chi connectivity index (χ3v) is 4.21. The lowest BCUT2D eigenvalue weighted by atomic mass is 10.1. The molecule has 0 unspecified atom stereocenters. The summed E-state index contributed by atoms with van der Waals surface area (Å²) in [4.78, 5) is 9.69. The number of anilines is 1. The van der Waals surface area contributed by atoms with Gasteiger partial charge in [-0.1, -0.05) is 30.3 Å². The maximum Gasteiger partial charge on any atom is 0.118 e. The Morgan fingerprint density at radius 1 is 0.769 bits per heavy atom. The van der Waals surface area contributed by atoms with Gasteiger partial charge in [-0.25, -0.2) is 4.99 Å². The van der Waals surface area contributed by atoms with Crippen LogP contribution in [0.4, 0.5) is 17.1 Å². The maximum absolute atomic E-state index is 5.26. The molecule has 0 radical (unpaired) electrons. The van der Waals surface area contributed by atoms with Crippen LogP contribution in [0, 0.1) is 0 Å². The lowest BCUT2D eigenvalue weighted by Gasteiger charge is -2.11. The number of para-hydroxylation sites is 3. The second kappa shape index (κ2) is 7.23. The summed E-state index contributed by atoms with van der Waals surface area (Å²) in [5, 5.41) is 3.43. The third-order valence-electron chi connectivity index (χ3n) is 4.21. The van der Waals surface area contributed by atoms with Gasteiger partial charge in [0.1, 0.15) is 11.6 Å². The molecule has 0 saturated heterocycles. The summed E-state index contributed by atoms with van der Waals surface area (Å²) in [6, 6.07) is 26.0. The Bertz CT molecular complexity index is 960. The lowest BCUT2D eigenvalue weighted by molar-refractivity contribution is 0.415. The smallest absolute Gasteiger partial charge is 0.118 e. The molecule has 1 aliphatic rings. The molecule has 0 fully saturated rings. The van der Waals surface area contributed by atoms with Gasteiger partial charge in [-0.05, 0) is 54.1 Å². The third kappa shape index (κ3) is 3.49. The highest BCUT2D eigenvalue weighted by molar-refractivity contribution is 6.18. The van der Waals surface area contributed by atoms with E-state index >= 15 is 0 Å². The van der Waals surface area contributed by atoms with Crippen molar-refractivity contribution in [3.63, 3.8) is 0 Å². The first-order valence-corrected chi connectivity index (χ1v) is 8.52. The highest BCUT2D eigenvalue weighted by Gasteiger charge is 2.15. The molecule has 1 aliphatic heterocycles. The zero-order chi connectivity index (χ0) is 17.8. The van der Waals surface area contributed by atoms with Crippen LogP contribution in [0.25, 0.3) is 0 Å². The van der Waals surface area contributed by atoms with Crippen molar-refractivity contribution in [2.45, 2.75) is 6.42 Å². The second-order valence-electron chi connectivity index (χ2n) is 6.00. The van der Waals surface area contributed by atoms with Gasteiger partial charge < -0.3 is 10.1 Å². The van der Waals surface area contributed by atoms with Gasteiger partial charge in [0.05, 0.1) is 24.2 Å². The van der Waals surface area contributed by atoms with Crippen molar-refractivity contribution in [3.8, 4) is 5.75 Å². The van der Waals surface area contributed by atoms with E-state index in [1.165, 1.54) is 0 Å². The van der Waals surface area contributed by atoms with Gasteiger partial charge in [0.15, 0.2) is 0 Å². The van der Waals surface area contributed by atoms with E-state index in [1.807, 2.05) is 78.9 Å². The minimum atomic E-state index is 0.621. The van der Waals surface area contributed by atoms with Crippen LogP contribution in [0.1, 0.15) is 12.0 Å². The molecule has 0 spiro atoms. The molecule has 0 aliphatic carbocycles. The number of aliphatic imine (C=N–C) groups is 2. The summed E-state index contributed by atoms with van der Waals surface area (Å²) in [5.74, 6) is 1.70. The number of hydrogen-bond donors (Lipinski definition) is 1. The van der Waals surface area contributed by atoms with E-state index in [-0.39, 0.29) is 0 Å². The van der Waals surface area contributed by atoms with Crippen LogP contribution in [0.2, 0.25) is 0 Å². The van der Waals surface area contributed by atoms with Crippen LogP contribution in [0.5, 0.6) is 5.75 Å². The fourth-order valence-corrected chi connectivity index (χ4v) is 2.89. The van der Waals surface area contributed by atoms with E-state index in [0.29, 0.717) is 6.42 Å². The molecule has 1 N–H and O–H groups in total. The molecule has 26 heavy (non-hydrogen) atoms. The van der Waals surface area contributed by atoms with Crippen molar-refractivity contribution in [2.75, 3.05) is 12.4 Å². The SMILES string of the molecule is COc1ccc(C2=Nc3ccccc3N=C(Nc3ccccc3)C2)cc1. The Balaban J connectivity index is 1.73. The zero-order valence-corrected chi connectivity index (χ0v) is 14.5. The van der Waals surface area contributed by atoms with Crippen LogP contribution in [0.3, 0.4) is 0 Å². The summed E-state index contributed by atoms with van der Waals surface area (Å²) in [7, 11) is 1.67. The fraction of sp³-hybridized carbons (Fsp3) is 0.0909. The fourth-order valence-electron chi connectivity index (χ4n) is 2.89. The summed E-state index contributed by atoms with van der Waals surface area (Å²) in [6.45, 7) is 0. The normalized spacial score (nSPS) is 13.1. The molecule has 1 heterocycles. The predicted octanol–water partition coefficient (Wildman–Crippen LogP) is 5.36. The monoisotopic (exact) mass is 341 g/mol. The Morgan fingerprint density at radius 2 is 1.42 bits per heavy atom. The number of benzene rings is 3. The van der Waals surface area contributed by atoms with Crippen molar-refractivity contribution in [1.82, 2.24) is 0 Å². The van der Waals surface area contributed by atoms with Crippen LogP contribution < -0.4 is 10.1 Å². The highest BCUT2D eigenvalue weighted by Crippen LogP contribution is 2.31. The van der Waals surface area contributed by atoms with E-state index in [2.05, 4.69) is 5.32 Å². The van der Waals surface area contributed by atoms with Crippen molar-refractivity contribution < 1.29 is 4.74 Å². The summed E-state index contributed by atoms with van der Waals surface area (Å²) in [5.41, 5.74) is 4.79. The van der Waals surface area contributed by atoms with Crippen molar-refractivity contribution in [2.24, 2.45) is 9.98 Å². The summed E-state index contributed by atoms with van der Waals surface area (Å²) < 4.78 is 5.26. The first kappa shape index (κ1) is 16.1. The molecule has 0 atom stereocenters. The number of amidine groups is 1. The maximum atomic E-state index is 5.26. The molecule has 128 valence electrons. The van der Waals surface area contributed by atoms with Gasteiger partial charge in [-0.2, -0.15) is 0 Å². The molecule has 0 saturated carbocycles. The van der Waals surface area contributed by atoms with Crippen LogP contribution in [-0.4, -0.2) is 18.7 Å². The van der Waals surface area contributed by atoms with Crippen molar-refractivity contribution >= 4 is 28.6 Å². The average molecular weight is 341 g/mol. The van der Waals surface area contributed by atoms with Gasteiger partial charge in [0, 0.05) is 12.1 Å². The average Bonchev–Trinajstić information content (AvgIpc) is 2.88. The number of methoxy groups -OCH3 is 1. The van der Waals surface area contributed by atoms with Crippen molar-refractivity contribution in [1.29, 1.82) is 0 Å². The van der Waals surface area contributed by atoms with Gasteiger partial charge in [-0.15, -0.1) is 0 Å². The standard InChI is InChI=1S/C22H19N3O/c1-26-18-13-11-16(12-14-18)21-15-22(23-17-7-3-2-4-8-17)25-20-10-6-5-9-19(20)24-21/h2-14H,15H2,1H3,(H,23,25). The Morgan fingerprint density at radius 3 is 2.12 bits per heavy atom. The van der Waals surface area contributed by atoms with Crippen molar-refractivity contribution in [3.05, 3.63) is 84.4 Å². The number of rotatable bonds is 3. The van der Waals surface area contributed by atoms with E-state index in [1.54, 1.807) is 7.11 Å². The Kier molecular flexibility index (Phi) is 4.48. The number of nitrogens with one attached hydrogen (secondary N) is 1. The molecule has 0 aromatic heterocycles. The largest absolute Gasteiger partial charge is 0.497 e. The molecule has 0 bridgehead atoms. The molecule has 3 aromatic rings. The van der Waals surface area contributed by atoms with Gasteiger partial charge in [0.2, 0.25) is 0 Å². The molecular weight excluding hydrogens is 322 g/mol. The lowest BCUT2D eigenvalue weighted by Crippen LogP contribution is -2.16. The number of hydrogen-bond acceptors (Lipinski definition) is 4. The van der Waals surface area contributed by atoms with Gasteiger partial charge in [0.25, 0.3) is 0 Å². The second-order valence-corrected chi connectivity index (χ2v) is 6.00. The number of nitrogens with zero attached hydrogens (tertiary/aromatic N) is 2. The topological polar surface area (TPSA) is 46.0 Å². The number of fused-ring (bicyclic) bond motifs is 1. The summed E-state index contributed by atoms with van der Waals surface area (Å²) >= 11 is 0. The van der Waals surface area contributed by atoms with E-state index < -0.39 is 0 Å². The van der Waals surface area contributed by atoms with E-state index in [4.69, 9.17) is 14.7 Å². The first-order chi connectivity index (χ1) is 12.8.